The first kappa shape index (κ1) is 18.0. The highest BCUT2D eigenvalue weighted by atomic mass is 19.1. The van der Waals surface area contributed by atoms with E-state index in [0.717, 1.165) is 30.1 Å². The molecular formula is C23H35F. The smallest absolute Gasteiger partial charge is 0.123 e. The van der Waals surface area contributed by atoms with E-state index in [-0.39, 0.29) is 5.82 Å². The maximum atomic E-state index is 13.3. The molecule has 0 atom stereocenters. The average molecular weight is 331 g/mol. The lowest BCUT2D eigenvalue weighted by molar-refractivity contribution is 0.141. The maximum Gasteiger partial charge on any atom is 0.123 e. The molecule has 1 aromatic carbocycles. The van der Waals surface area contributed by atoms with E-state index in [9.17, 15) is 4.39 Å². The van der Waals surface area contributed by atoms with Crippen LogP contribution < -0.4 is 0 Å². The third kappa shape index (κ3) is 5.07. The Hall–Kier alpha value is -0.850. The summed E-state index contributed by atoms with van der Waals surface area (Å²) in [5.74, 6) is 3.87. The van der Waals surface area contributed by atoms with Gasteiger partial charge in [0.1, 0.15) is 5.82 Å². The Bertz CT molecular complexity index is 479. The third-order valence-electron chi connectivity index (χ3n) is 6.88. The number of hydrogen-bond donors (Lipinski definition) is 0. The summed E-state index contributed by atoms with van der Waals surface area (Å²) >= 11 is 0. The van der Waals surface area contributed by atoms with Gasteiger partial charge < -0.3 is 0 Å². The fourth-order valence-electron chi connectivity index (χ4n) is 5.37. The van der Waals surface area contributed by atoms with E-state index in [0.29, 0.717) is 0 Å². The molecule has 0 amide bonds. The first-order valence-corrected chi connectivity index (χ1v) is 10.5. The van der Waals surface area contributed by atoms with Crippen LogP contribution in [-0.4, -0.2) is 0 Å². The topological polar surface area (TPSA) is 0 Å². The van der Waals surface area contributed by atoms with Gasteiger partial charge in [-0.3, -0.25) is 0 Å². The van der Waals surface area contributed by atoms with E-state index in [1.165, 1.54) is 76.2 Å². The van der Waals surface area contributed by atoms with Crippen molar-refractivity contribution in [3.63, 3.8) is 0 Å². The molecule has 3 rings (SSSR count). The van der Waals surface area contributed by atoms with Crippen molar-refractivity contribution in [2.45, 2.75) is 84.0 Å². The van der Waals surface area contributed by atoms with Gasteiger partial charge in [0, 0.05) is 0 Å². The largest absolute Gasteiger partial charge is 0.207 e. The summed E-state index contributed by atoms with van der Waals surface area (Å²) in [6, 6.07) is 7.17. The second-order valence-corrected chi connectivity index (χ2v) is 8.52. The molecule has 1 aromatic rings. The standard InChI is InChI=1S/C23H35F/c1-2-4-18-9-13-21(14-10-18)22-15-11-19(12-16-22)7-8-20-5-3-6-23(24)17-20/h3,5-6,17-19,21-22H,2,4,7-16H2,1H3/t18-,19?,21-,22?. The van der Waals surface area contributed by atoms with E-state index >= 15 is 0 Å². The summed E-state index contributed by atoms with van der Waals surface area (Å²) in [5, 5.41) is 0. The number of aryl methyl sites for hydroxylation is 1. The predicted molar refractivity (Wildman–Crippen MR) is 101 cm³/mol. The van der Waals surface area contributed by atoms with Crippen LogP contribution in [0, 0.1) is 29.5 Å². The molecule has 0 aliphatic heterocycles. The third-order valence-corrected chi connectivity index (χ3v) is 6.88. The van der Waals surface area contributed by atoms with Crippen molar-refractivity contribution in [1.82, 2.24) is 0 Å². The zero-order chi connectivity index (χ0) is 16.8. The zero-order valence-corrected chi connectivity index (χ0v) is 15.5. The number of hydrogen-bond acceptors (Lipinski definition) is 0. The van der Waals surface area contributed by atoms with Gasteiger partial charge in [-0.25, -0.2) is 4.39 Å². The molecule has 0 nitrogen and oxygen atoms in total. The van der Waals surface area contributed by atoms with Crippen molar-refractivity contribution in [2.24, 2.45) is 23.7 Å². The minimum atomic E-state index is -0.0881. The lowest BCUT2D eigenvalue weighted by atomic mass is 9.68. The van der Waals surface area contributed by atoms with Crippen LogP contribution in [0.25, 0.3) is 0 Å². The van der Waals surface area contributed by atoms with Gasteiger partial charge in [-0.2, -0.15) is 0 Å². The van der Waals surface area contributed by atoms with Crippen LogP contribution in [0.3, 0.4) is 0 Å². The molecule has 24 heavy (non-hydrogen) atoms. The highest BCUT2D eigenvalue weighted by molar-refractivity contribution is 5.16. The normalized spacial score (nSPS) is 31.1. The number of halogens is 1. The molecule has 2 saturated carbocycles. The van der Waals surface area contributed by atoms with E-state index < -0.39 is 0 Å². The minimum absolute atomic E-state index is 0.0881. The second kappa shape index (κ2) is 9.02. The lowest BCUT2D eigenvalue weighted by Gasteiger charge is -2.38. The molecule has 2 aliphatic carbocycles. The molecule has 0 saturated heterocycles. The molecule has 0 aromatic heterocycles. The molecule has 1 heteroatoms. The van der Waals surface area contributed by atoms with Crippen molar-refractivity contribution in [1.29, 1.82) is 0 Å². The van der Waals surface area contributed by atoms with Crippen LogP contribution in [0.1, 0.15) is 83.1 Å². The number of rotatable bonds is 6. The quantitative estimate of drug-likeness (QED) is 0.518. The van der Waals surface area contributed by atoms with Crippen LogP contribution in [-0.2, 0) is 6.42 Å². The average Bonchev–Trinajstić information content (AvgIpc) is 2.62. The van der Waals surface area contributed by atoms with Crippen molar-refractivity contribution in [3.8, 4) is 0 Å². The van der Waals surface area contributed by atoms with E-state index in [1.54, 1.807) is 12.1 Å². The van der Waals surface area contributed by atoms with Crippen LogP contribution in [0.15, 0.2) is 24.3 Å². The monoisotopic (exact) mass is 330 g/mol. The summed E-state index contributed by atoms with van der Waals surface area (Å²) in [6.07, 6.45) is 16.9. The Kier molecular flexibility index (Phi) is 6.75. The van der Waals surface area contributed by atoms with Crippen LogP contribution in [0.2, 0.25) is 0 Å². The summed E-state index contributed by atoms with van der Waals surface area (Å²) in [6.45, 7) is 2.33. The highest BCUT2D eigenvalue weighted by Gasteiger charge is 2.30. The van der Waals surface area contributed by atoms with Gasteiger partial charge in [-0.15, -0.1) is 0 Å². The van der Waals surface area contributed by atoms with Gasteiger partial charge in [-0.05, 0) is 79.9 Å². The molecule has 2 fully saturated rings. The molecular weight excluding hydrogens is 295 g/mol. The first-order valence-electron chi connectivity index (χ1n) is 10.5. The summed E-state index contributed by atoms with van der Waals surface area (Å²) < 4.78 is 13.3. The van der Waals surface area contributed by atoms with Crippen molar-refractivity contribution in [3.05, 3.63) is 35.6 Å². The fourth-order valence-corrected chi connectivity index (χ4v) is 5.37. The van der Waals surface area contributed by atoms with Crippen LogP contribution in [0.4, 0.5) is 4.39 Å². The van der Waals surface area contributed by atoms with Gasteiger partial charge in [0.2, 0.25) is 0 Å². The minimum Gasteiger partial charge on any atom is -0.207 e. The van der Waals surface area contributed by atoms with Gasteiger partial charge >= 0.3 is 0 Å². The van der Waals surface area contributed by atoms with Crippen LogP contribution >= 0.6 is 0 Å². The Balaban J connectivity index is 1.37. The van der Waals surface area contributed by atoms with Crippen molar-refractivity contribution in [2.75, 3.05) is 0 Å². The van der Waals surface area contributed by atoms with E-state index in [4.69, 9.17) is 0 Å². The summed E-state index contributed by atoms with van der Waals surface area (Å²) in [4.78, 5) is 0. The lowest BCUT2D eigenvalue weighted by Crippen LogP contribution is -2.26. The van der Waals surface area contributed by atoms with Crippen LogP contribution in [0.5, 0.6) is 0 Å². The van der Waals surface area contributed by atoms with Gasteiger partial charge in [0.15, 0.2) is 0 Å². The molecule has 0 spiro atoms. The molecule has 0 unspecified atom stereocenters. The van der Waals surface area contributed by atoms with E-state index in [2.05, 4.69) is 13.0 Å². The van der Waals surface area contributed by atoms with Gasteiger partial charge in [0.05, 0.1) is 0 Å². The Morgan fingerprint density at radius 3 is 1.96 bits per heavy atom. The first-order chi connectivity index (χ1) is 11.7. The Morgan fingerprint density at radius 1 is 0.833 bits per heavy atom. The highest BCUT2D eigenvalue weighted by Crippen LogP contribution is 2.42. The second-order valence-electron chi connectivity index (χ2n) is 8.52. The maximum absolute atomic E-state index is 13.3. The fraction of sp³-hybridized carbons (Fsp3) is 0.739. The molecule has 0 heterocycles. The Morgan fingerprint density at radius 2 is 1.42 bits per heavy atom. The summed E-state index contributed by atoms with van der Waals surface area (Å²) in [5.41, 5.74) is 1.17. The van der Waals surface area contributed by atoms with Crippen molar-refractivity contribution < 1.29 is 4.39 Å². The SMILES string of the molecule is CCC[C@H]1CC[C@H](C2CCC(CCc3cccc(F)c3)CC2)CC1. The molecule has 2 aliphatic rings. The molecule has 134 valence electrons. The van der Waals surface area contributed by atoms with Gasteiger partial charge in [0.25, 0.3) is 0 Å². The Labute approximate surface area is 148 Å². The van der Waals surface area contributed by atoms with E-state index in [1.807, 2.05) is 6.07 Å². The molecule has 0 N–H and O–H groups in total. The number of benzene rings is 1. The zero-order valence-electron chi connectivity index (χ0n) is 15.5. The molecule has 0 radical (unpaired) electrons. The predicted octanol–water partition coefficient (Wildman–Crippen LogP) is 7.17. The van der Waals surface area contributed by atoms with Crippen molar-refractivity contribution >= 4 is 0 Å². The summed E-state index contributed by atoms with van der Waals surface area (Å²) in [7, 11) is 0. The van der Waals surface area contributed by atoms with Gasteiger partial charge in [-0.1, -0.05) is 57.6 Å². The molecule has 0 bridgehead atoms.